The molecule has 2 fully saturated rings. The molecule has 0 unspecified atom stereocenters. The van der Waals surface area contributed by atoms with Crippen molar-refractivity contribution in [2.24, 2.45) is 0 Å². The van der Waals surface area contributed by atoms with Crippen LogP contribution in [0.25, 0.3) is 0 Å². The fourth-order valence-corrected chi connectivity index (χ4v) is 5.50. The van der Waals surface area contributed by atoms with Crippen molar-refractivity contribution in [1.82, 2.24) is 4.90 Å². The average Bonchev–Trinajstić information content (AvgIpc) is 2.80. The minimum atomic E-state index is 0.139. The Hall–Kier alpha value is -2.09. The third kappa shape index (κ3) is 5.10. The molecule has 1 amide bonds. The SMILES string of the molecule is O=C(CC(c1ccccc1)c1ccccc1)N(C1CCCCC1)C1CCCCC1. The third-order valence-electron chi connectivity index (χ3n) is 7.01. The first-order chi connectivity index (χ1) is 14.3. The molecular formula is C27H35NO. The quantitative estimate of drug-likeness (QED) is 0.538. The smallest absolute Gasteiger partial charge is 0.224 e. The van der Waals surface area contributed by atoms with E-state index in [-0.39, 0.29) is 5.92 Å². The van der Waals surface area contributed by atoms with Crippen LogP contribution in [0.15, 0.2) is 60.7 Å². The second kappa shape index (κ2) is 10.1. The van der Waals surface area contributed by atoms with Gasteiger partial charge in [0.1, 0.15) is 0 Å². The Morgan fingerprint density at radius 2 is 1.10 bits per heavy atom. The van der Waals surface area contributed by atoms with E-state index in [1.165, 1.54) is 75.3 Å². The molecule has 0 aromatic heterocycles. The Morgan fingerprint density at radius 1 is 0.690 bits per heavy atom. The summed E-state index contributed by atoms with van der Waals surface area (Å²) in [6.07, 6.45) is 13.2. The summed E-state index contributed by atoms with van der Waals surface area (Å²) in [5, 5.41) is 0. The Labute approximate surface area is 176 Å². The average molecular weight is 390 g/mol. The lowest BCUT2D eigenvalue weighted by molar-refractivity contribution is -0.138. The predicted molar refractivity (Wildman–Crippen MR) is 120 cm³/mol. The lowest BCUT2D eigenvalue weighted by Gasteiger charge is -2.42. The number of amides is 1. The van der Waals surface area contributed by atoms with Gasteiger partial charge in [-0.2, -0.15) is 0 Å². The molecule has 2 heteroatoms. The monoisotopic (exact) mass is 389 g/mol. The van der Waals surface area contributed by atoms with Crippen molar-refractivity contribution in [2.75, 3.05) is 0 Å². The Balaban J connectivity index is 1.59. The summed E-state index contributed by atoms with van der Waals surface area (Å²) in [6.45, 7) is 0. The maximum Gasteiger partial charge on any atom is 0.224 e. The predicted octanol–water partition coefficient (Wildman–Crippen LogP) is 6.70. The van der Waals surface area contributed by atoms with Crippen LogP contribution in [0.2, 0.25) is 0 Å². The highest BCUT2D eigenvalue weighted by molar-refractivity contribution is 5.78. The fraction of sp³-hybridized carbons (Fsp3) is 0.519. The minimum absolute atomic E-state index is 0.139. The Morgan fingerprint density at radius 3 is 1.52 bits per heavy atom. The molecule has 0 radical (unpaired) electrons. The topological polar surface area (TPSA) is 20.3 Å². The van der Waals surface area contributed by atoms with Crippen molar-refractivity contribution >= 4 is 5.91 Å². The van der Waals surface area contributed by atoms with E-state index in [9.17, 15) is 4.79 Å². The first-order valence-electron chi connectivity index (χ1n) is 11.7. The zero-order valence-electron chi connectivity index (χ0n) is 17.6. The van der Waals surface area contributed by atoms with E-state index in [2.05, 4.69) is 65.6 Å². The number of benzene rings is 2. The fourth-order valence-electron chi connectivity index (χ4n) is 5.50. The van der Waals surface area contributed by atoms with Gasteiger partial charge in [-0.1, -0.05) is 99.2 Å². The number of hydrogen-bond acceptors (Lipinski definition) is 1. The first kappa shape index (κ1) is 20.2. The molecule has 4 rings (SSSR count). The molecule has 0 atom stereocenters. The zero-order chi connectivity index (χ0) is 19.9. The number of carbonyl (C=O) groups is 1. The van der Waals surface area contributed by atoms with E-state index in [0.717, 1.165) is 0 Å². The molecule has 0 bridgehead atoms. The van der Waals surface area contributed by atoms with Gasteiger partial charge >= 0.3 is 0 Å². The maximum absolute atomic E-state index is 13.8. The van der Waals surface area contributed by atoms with Gasteiger partial charge < -0.3 is 4.90 Å². The Kier molecular flexibility index (Phi) is 7.03. The lowest BCUT2D eigenvalue weighted by atomic mass is 9.85. The second-order valence-corrected chi connectivity index (χ2v) is 8.96. The highest BCUT2D eigenvalue weighted by atomic mass is 16.2. The second-order valence-electron chi connectivity index (χ2n) is 8.96. The lowest BCUT2D eigenvalue weighted by Crippen LogP contribution is -2.49. The van der Waals surface area contributed by atoms with E-state index >= 15 is 0 Å². The van der Waals surface area contributed by atoms with Crippen molar-refractivity contribution < 1.29 is 4.79 Å². The molecule has 2 aliphatic carbocycles. The van der Waals surface area contributed by atoms with Gasteiger partial charge in [-0.05, 0) is 36.8 Å². The van der Waals surface area contributed by atoms with E-state index in [0.29, 0.717) is 24.4 Å². The van der Waals surface area contributed by atoms with Crippen molar-refractivity contribution in [3.05, 3.63) is 71.8 Å². The van der Waals surface area contributed by atoms with Crippen molar-refractivity contribution in [2.45, 2.75) is 88.6 Å². The highest BCUT2D eigenvalue weighted by Gasteiger charge is 2.33. The molecular weight excluding hydrogens is 354 g/mol. The Bertz CT molecular complexity index is 687. The standard InChI is InChI=1S/C27H35NO/c29-27(28(24-17-9-3-10-18-24)25-19-11-4-12-20-25)21-26(22-13-5-1-6-14-22)23-15-7-2-8-16-23/h1-2,5-8,13-16,24-26H,3-4,9-12,17-21H2. The van der Waals surface area contributed by atoms with Gasteiger partial charge in [0.2, 0.25) is 5.91 Å². The van der Waals surface area contributed by atoms with Crippen LogP contribution in [0.4, 0.5) is 0 Å². The summed E-state index contributed by atoms with van der Waals surface area (Å²) >= 11 is 0. The molecule has 2 aromatic rings. The molecule has 29 heavy (non-hydrogen) atoms. The summed E-state index contributed by atoms with van der Waals surface area (Å²) in [5.41, 5.74) is 2.50. The van der Waals surface area contributed by atoms with Crippen LogP contribution < -0.4 is 0 Å². The van der Waals surface area contributed by atoms with Gasteiger partial charge in [-0.15, -0.1) is 0 Å². The van der Waals surface area contributed by atoms with Gasteiger partial charge in [0.05, 0.1) is 0 Å². The normalized spacial score (nSPS) is 18.7. The molecule has 0 saturated heterocycles. The van der Waals surface area contributed by atoms with Crippen LogP contribution >= 0.6 is 0 Å². The molecule has 2 aliphatic rings. The molecule has 0 N–H and O–H groups in total. The number of hydrogen-bond donors (Lipinski definition) is 0. The van der Waals surface area contributed by atoms with Gasteiger partial charge in [0, 0.05) is 24.4 Å². The highest BCUT2D eigenvalue weighted by Crippen LogP contribution is 2.34. The molecule has 154 valence electrons. The molecule has 2 aromatic carbocycles. The molecule has 2 nitrogen and oxygen atoms in total. The third-order valence-corrected chi connectivity index (χ3v) is 7.01. The summed E-state index contributed by atoms with van der Waals surface area (Å²) in [6, 6.07) is 22.1. The largest absolute Gasteiger partial charge is 0.337 e. The van der Waals surface area contributed by atoms with E-state index < -0.39 is 0 Å². The van der Waals surface area contributed by atoms with Gasteiger partial charge in [0.25, 0.3) is 0 Å². The van der Waals surface area contributed by atoms with Crippen molar-refractivity contribution in [3.63, 3.8) is 0 Å². The van der Waals surface area contributed by atoms with Gasteiger partial charge in [-0.25, -0.2) is 0 Å². The molecule has 0 heterocycles. The van der Waals surface area contributed by atoms with Crippen LogP contribution in [-0.2, 0) is 4.79 Å². The molecule has 0 spiro atoms. The van der Waals surface area contributed by atoms with Crippen molar-refractivity contribution in [3.8, 4) is 0 Å². The summed E-state index contributed by atoms with van der Waals surface area (Å²) < 4.78 is 0. The molecule has 0 aliphatic heterocycles. The van der Waals surface area contributed by atoms with Crippen LogP contribution in [0.5, 0.6) is 0 Å². The number of rotatable bonds is 6. The number of carbonyl (C=O) groups excluding carboxylic acids is 1. The van der Waals surface area contributed by atoms with Crippen LogP contribution in [0.1, 0.15) is 87.7 Å². The van der Waals surface area contributed by atoms with Gasteiger partial charge in [0.15, 0.2) is 0 Å². The van der Waals surface area contributed by atoms with Crippen LogP contribution in [0.3, 0.4) is 0 Å². The maximum atomic E-state index is 13.8. The van der Waals surface area contributed by atoms with Gasteiger partial charge in [-0.3, -0.25) is 4.79 Å². The van der Waals surface area contributed by atoms with E-state index in [1.54, 1.807) is 0 Å². The van der Waals surface area contributed by atoms with Crippen molar-refractivity contribution in [1.29, 1.82) is 0 Å². The van der Waals surface area contributed by atoms with E-state index in [1.807, 2.05) is 0 Å². The minimum Gasteiger partial charge on any atom is -0.337 e. The van der Waals surface area contributed by atoms with Crippen LogP contribution in [0, 0.1) is 0 Å². The summed E-state index contributed by atoms with van der Waals surface area (Å²) in [5.74, 6) is 0.515. The summed E-state index contributed by atoms with van der Waals surface area (Å²) in [7, 11) is 0. The van der Waals surface area contributed by atoms with Crippen LogP contribution in [-0.4, -0.2) is 22.9 Å². The zero-order valence-corrected chi connectivity index (χ0v) is 17.6. The molecule has 2 saturated carbocycles. The number of nitrogens with zero attached hydrogens (tertiary/aromatic N) is 1. The first-order valence-corrected chi connectivity index (χ1v) is 11.7. The summed E-state index contributed by atoms with van der Waals surface area (Å²) in [4.78, 5) is 16.2. The van der Waals surface area contributed by atoms with E-state index in [4.69, 9.17) is 0 Å².